The molecule has 0 amide bonds. The molecule has 2 heterocycles. The van der Waals surface area contributed by atoms with Crippen molar-refractivity contribution in [2.45, 2.75) is 0 Å². The lowest BCUT2D eigenvalue weighted by Crippen LogP contribution is -1.97. The number of halogens is 1. The molecule has 18 heavy (non-hydrogen) atoms. The maximum absolute atomic E-state index is 6.03. The van der Waals surface area contributed by atoms with Crippen molar-refractivity contribution in [3.63, 3.8) is 0 Å². The summed E-state index contributed by atoms with van der Waals surface area (Å²) < 4.78 is 7.31. The normalized spacial score (nSPS) is 10.7. The molecule has 0 aliphatic carbocycles. The summed E-state index contributed by atoms with van der Waals surface area (Å²) in [6.45, 7) is 0. The second kappa shape index (κ2) is 4.15. The highest BCUT2D eigenvalue weighted by Gasteiger charge is 2.12. The standard InChI is InChI=1S/C11H8ClN5O/c12-7-2-1-3-8(13)9(7)18-11-10-16-15-6-17(10)5-4-14-11/h1-6H,13H2. The van der Waals surface area contributed by atoms with Crippen molar-refractivity contribution in [2.24, 2.45) is 0 Å². The number of hydrogen-bond acceptors (Lipinski definition) is 5. The molecule has 0 spiro atoms. The molecule has 3 aromatic rings. The summed E-state index contributed by atoms with van der Waals surface area (Å²) in [5, 5.41) is 8.11. The Hall–Kier alpha value is -2.34. The van der Waals surface area contributed by atoms with Crippen LogP contribution in [0.5, 0.6) is 11.6 Å². The molecule has 0 aliphatic heterocycles. The van der Waals surface area contributed by atoms with Crippen molar-refractivity contribution in [3.05, 3.63) is 41.9 Å². The Balaban J connectivity index is 2.09. The summed E-state index contributed by atoms with van der Waals surface area (Å²) in [5.74, 6) is 0.664. The molecule has 0 unspecified atom stereocenters. The number of nitrogens with zero attached hydrogens (tertiary/aromatic N) is 4. The quantitative estimate of drug-likeness (QED) is 0.715. The van der Waals surface area contributed by atoms with Gasteiger partial charge in [0.15, 0.2) is 5.75 Å². The Labute approximate surface area is 107 Å². The van der Waals surface area contributed by atoms with E-state index in [-0.39, 0.29) is 0 Å². The zero-order valence-corrected chi connectivity index (χ0v) is 9.87. The SMILES string of the molecule is Nc1cccc(Cl)c1Oc1nccn2cnnc12. The summed E-state index contributed by atoms with van der Waals surface area (Å²) in [5.41, 5.74) is 6.74. The molecule has 0 bridgehead atoms. The monoisotopic (exact) mass is 261 g/mol. The first-order valence-electron chi connectivity index (χ1n) is 5.12. The summed E-state index contributed by atoms with van der Waals surface area (Å²) >= 11 is 6.03. The average molecular weight is 262 g/mol. The minimum atomic E-state index is 0.301. The molecule has 6 nitrogen and oxygen atoms in total. The zero-order chi connectivity index (χ0) is 12.5. The fraction of sp³-hybridized carbons (Fsp3) is 0. The lowest BCUT2D eigenvalue weighted by Gasteiger charge is -2.09. The van der Waals surface area contributed by atoms with Crippen molar-refractivity contribution in [2.75, 3.05) is 5.73 Å². The van der Waals surface area contributed by atoms with Crippen molar-refractivity contribution in [3.8, 4) is 11.6 Å². The molecular weight excluding hydrogens is 254 g/mol. The lowest BCUT2D eigenvalue weighted by molar-refractivity contribution is 0.467. The highest BCUT2D eigenvalue weighted by Crippen LogP contribution is 2.34. The molecule has 90 valence electrons. The fourth-order valence-electron chi connectivity index (χ4n) is 1.54. The number of nitrogen functional groups attached to an aromatic ring is 1. The fourth-order valence-corrected chi connectivity index (χ4v) is 1.76. The lowest BCUT2D eigenvalue weighted by atomic mass is 10.3. The molecule has 0 saturated carbocycles. The third-order valence-corrected chi connectivity index (χ3v) is 2.68. The van der Waals surface area contributed by atoms with Crippen LogP contribution < -0.4 is 10.5 Å². The van der Waals surface area contributed by atoms with Crippen LogP contribution in [0, 0.1) is 0 Å². The average Bonchev–Trinajstić information content (AvgIpc) is 2.83. The maximum Gasteiger partial charge on any atom is 0.265 e. The van der Waals surface area contributed by atoms with E-state index in [0.717, 1.165) is 0 Å². The van der Waals surface area contributed by atoms with Gasteiger partial charge in [0.1, 0.15) is 6.33 Å². The topological polar surface area (TPSA) is 78.3 Å². The smallest absolute Gasteiger partial charge is 0.265 e. The number of ether oxygens (including phenoxy) is 1. The van der Waals surface area contributed by atoms with E-state index in [9.17, 15) is 0 Å². The first-order chi connectivity index (χ1) is 8.75. The van der Waals surface area contributed by atoms with Gasteiger partial charge in [-0.15, -0.1) is 10.2 Å². The third kappa shape index (κ3) is 1.72. The molecule has 2 aromatic heterocycles. The van der Waals surface area contributed by atoms with Crippen LogP contribution in [-0.4, -0.2) is 19.6 Å². The maximum atomic E-state index is 6.03. The van der Waals surface area contributed by atoms with Crippen molar-refractivity contribution < 1.29 is 4.74 Å². The molecule has 3 rings (SSSR count). The Morgan fingerprint density at radius 2 is 2.22 bits per heavy atom. The zero-order valence-electron chi connectivity index (χ0n) is 9.12. The Morgan fingerprint density at radius 3 is 3.06 bits per heavy atom. The van der Waals surface area contributed by atoms with Gasteiger partial charge in [0.25, 0.3) is 5.88 Å². The number of para-hydroxylation sites is 1. The van der Waals surface area contributed by atoms with Crippen molar-refractivity contribution >= 4 is 22.9 Å². The van der Waals surface area contributed by atoms with E-state index in [2.05, 4.69) is 15.2 Å². The van der Waals surface area contributed by atoms with Crippen LogP contribution in [0.3, 0.4) is 0 Å². The van der Waals surface area contributed by atoms with Gasteiger partial charge in [-0.2, -0.15) is 0 Å². The van der Waals surface area contributed by atoms with Gasteiger partial charge in [0, 0.05) is 12.4 Å². The largest absolute Gasteiger partial charge is 0.432 e. The molecule has 0 radical (unpaired) electrons. The van der Waals surface area contributed by atoms with Gasteiger partial charge in [-0.1, -0.05) is 17.7 Å². The second-order valence-electron chi connectivity index (χ2n) is 3.55. The molecule has 0 atom stereocenters. The summed E-state index contributed by atoms with van der Waals surface area (Å²) in [6.07, 6.45) is 4.86. The van der Waals surface area contributed by atoms with Gasteiger partial charge >= 0.3 is 0 Å². The number of hydrogen-bond donors (Lipinski definition) is 1. The minimum Gasteiger partial charge on any atom is -0.432 e. The van der Waals surface area contributed by atoms with Gasteiger partial charge in [-0.25, -0.2) is 4.98 Å². The van der Waals surface area contributed by atoms with Gasteiger partial charge in [0.2, 0.25) is 5.65 Å². The number of benzene rings is 1. The van der Waals surface area contributed by atoms with Crippen LogP contribution >= 0.6 is 11.6 Å². The van der Waals surface area contributed by atoms with E-state index >= 15 is 0 Å². The molecule has 0 saturated heterocycles. The van der Waals surface area contributed by atoms with E-state index in [0.29, 0.717) is 28.0 Å². The van der Waals surface area contributed by atoms with Crippen LogP contribution in [0.15, 0.2) is 36.9 Å². The molecule has 0 aliphatic rings. The van der Waals surface area contributed by atoms with E-state index in [4.69, 9.17) is 22.1 Å². The van der Waals surface area contributed by atoms with Crippen LogP contribution in [0.1, 0.15) is 0 Å². The molecular formula is C11H8ClN5O. The Morgan fingerprint density at radius 1 is 1.33 bits per heavy atom. The van der Waals surface area contributed by atoms with E-state index in [1.165, 1.54) is 0 Å². The third-order valence-electron chi connectivity index (χ3n) is 2.38. The van der Waals surface area contributed by atoms with Crippen LogP contribution in [0.4, 0.5) is 5.69 Å². The van der Waals surface area contributed by atoms with Gasteiger partial charge < -0.3 is 10.5 Å². The summed E-state index contributed by atoms with van der Waals surface area (Å²) in [4.78, 5) is 4.10. The van der Waals surface area contributed by atoms with Crippen LogP contribution in [-0.2, 0) is 0 Å². The number of nitrogens with two attached hydrogens (primary N) is 1. The molecule has 1 aromatic carbocycles. The second-order valence-corrected chi connectivity index (χ2v) is 3.96. The summed E-state index contributed by atoms with van der Waals surface area (Å²) in [6, 6.07) is 5.14. The van der Waals surface area contributed by atoms with E-state index < -0.39 is 0 Å². The predicted octanol–water partition coefficient (Wildman–Crippen LogP) is 2.15. The van der Waals surface area contributed by atoms with Crippen LogP contribution in [0.2, 0.25) is 5.02 Å². The summed E-state index contributed by atoms with van der Waals surface area (Å²) in [7, 11) is 0. The first kappa shape index (κ1) is 10.8. The van der Waals surface area contributed by atoms with Gasteiger partial charge in [-0.05, 0) is 12.1 Å². The minimum absolute atomic E-state index is 0.301. The highest BCUT2D eigenvalue weighted by atomic mass is 35.5. The van der Waals surface area contributed by atoms with Crippen molar-refractivity contribution in [1.82, 2.24) is 19.6 Å². The van der Waals surface area contributed by atoms with E-state index in [1.54, 1.807) is 41.3 Å². The van der Waals surface area contributed by atoms with Crippen LogP contribution in [0.25, 0.3) is 5.65 Å². The van der Waals surface area contributed by atoms with Gasteiger partial charge in [0.05, 0.1) is 10.7 Å². The Kier molecular flexibility index (Phi) is 2.49. The Bertz CT molecular complexity index is 691. The number of anilines is 1. The number of rotatable bonds is 2. The van der Waals surface area contributed by atoms with Crippen molar-refractivity contribution in [1.29, 1.82) is 0 Å². The first-order valence-corrected chi connectivity index (χ1v) is 5.49. The molecule has 2 N–H and O–H groups in total. The predicted molar refractivity (Wildman–Crippen MR) is 66.7 cm³/mol. The molecule has 0 fully saturated rings. The highest BCUT2D eigenvalue weighted by molar-refractivity contribution is 6.32. The van der Waals surface area contributed by atoms with Gasteiger partial charge in [-0.3, -0.25) is 4.40 Å². The molecule has 7 heteroatoms. The number of fused-ring (bicyclic) bond motifs is 1. The van der Waals surface area contributed by atoms with E-state index in [1.807, 2.05) is 0 Å². The number of aromatic nitrogens is 4.